The van der Waals surface area contributed by atoms with Crippen molar-refractivity contribution in [1.29, 1.82) is 0 Å². The number of carbonyl (C=O) groups excluding carboxylic acids is 1. The highest BCUT2D eigenvalue weighted by Crippen LogP contribution is 2.22. The Morgan fingerprint density at radius 3 is 3.00 bits per heavy atom. The summed E-state index contributed by atoms with van der Waals surface area (Å²) in [6.45, 7) is 3.53. The van der Waals surface area contributed by atoms with Gasteiger partial charge in [-0.15, -0.1) is 11.6 Å². The average Bonchev–Trinajstić information content (AvgIpc) is 2.33. The molecule has 3 nitrogen and oxygen atoms in total. The molecule has 4 heteroatoms. The van der Waals surface area contributed by atoms with Crippen molar-refractivity contribution in [2.24, 2.45) is 5.92 Å². The maximum absolute atomic E-state index is 12.1. The summed E-state index contributed by atoms with van der Waals surface area (Å²) in [4.78, 5) is 18.0. The van der Waals surface area contributed by atoms with Crippen molar-refractivity contribution >= 4 is 17.5 Å². The molecule has 1 aliphatic heterocycles. The minimum Gasteiger partial charge on any atom is -0.337 e. The Hall–Kier alpha value is -1.09. The van der Waals surface area contributed by atoms with Crippen molar-refractivity contribution < 1.29 is 4.79 Å². The van der Waals surface area contributed by atoms with Crippen molar-refractivity contribution in [2.45, 2.75) is 18.7 Å². The third-order valence-corrected chi connectivity index (χ3v) is 3.62. The van der Waals surface area contributed by atoms with E-state index in [1.807, 2.05) is 17.0 Å². The third kappa shape index (κ3) is 2.35. The van der Waals surface area contributed by atoms with Crippen LogP contribution in [0, 0.1) is 5.92 Å². The molecule has 2 atom stereocenters. The molecule has 2 heterocycles. The van der Waals surface area contributed by atoms with Gasteiger partial charge >= 0.3 is 0 Å². The molecule has 0 bridgehead atoms. The number of hydrogen-bond acceptors (Lipinski definition) is 2. The number of aromatic nitrogens is 1. The Morgan fingerprint density at radius 2 is 2.38 bits per heavy atom. The van der Waals surface area contributed by atoms with Crippen LogP contribution >= 0.6 is 11.6 Å². The van der Waals surface area contributed by atoms with Gasteiger partial charge in [0.2, 0.25) is 0 Å². The van der Waals surface area contributed by atoms with Crippen LogP contribution in [-0.2, 0) is 0 Å². The molecule has 2 rings (SSSR count). The molecular weight excluding hydrogens is 224 g/mol. The molecule has 0 radical (unpaired) electrons. The van der Waals surface area contributed by atoms with E-state index in [-0.39, 0.29) is 11.3 Å². The number of amides is 1. The summed E-state index contributed by atoms with van der Waals surface area (Å²) in [5, 5.41) is 0.188. The van der Waals surface area contributed by atoms with Gasteiger partial charge in [0, 0.05) is 24.7 Å². The minimum atomic E-state index is 0.0102. The highest BCUT2D eigenvalue weighted by Gasteiger charge is 2.28. The Bertz CT molecular complexity index is 369. The first-order valence-electron chi connectivity index (χ1n) is 5.53. The van der Waals surface area contributed by atoms with Gasteiger partial charge in [-0.1, -0.05) is 13.0 Å². The van der Waals surface area contributed by atoms with E-state index in [0.29, 0.717) is 11.6 Å². The van der Waals surface area contributed by atoms with Crippen LogP contribution in [0.4, 0.5) is 0 Å². The molecule has 1 aromatic rings. The fraction of sp³-hybridized carbons (Fsp3) is 0.500. The highest BCUT2D eigenvalue weighted by atomic mass is 35.5. The molecular formula is C12H15ClN2O. The summed E-state index contributed by atoms with van der Waals surface area (Å²) in [5.74, 6) is 0.360. The lowest BCUT2D eigenvalue weighted by Crippen LogP contribution is -2.43. The lowest BCUT2D eigenvalue weighted by molar-refractivity contribution is 0.0681. The topological polar surface area (TPSA) is 33.2 Å². The zero-order valence-electron chi connectivity index (χ0n) is 9.27. The van der Waals surface area contributed by atoms with Crippen molar-refractivity contribution in [3.63, 3.8) is 0 Å². The van der Waals surface area contributed by atoms with E-state index in [1.165, 1.54) is 0 Å². The maximum atomic E-state index is 12.1. The quantitative estimate of drug-likeness (QED) is 0.703. The van der Waals surface area contributed by atoms with Gasteiger partial charge in [-0.2, -0.15) is 0 Å². The van der Waals surface area contributed by atoms with Gasteiger partial charge in [0.1, 0.15) is 5.69 Å². The van der Waals surface area contributed by atoms with E-state index >= 15 is 0 Å². The standard InChI is InChI=1S/C12H15ClN2O/c1-9-8-15(7-5-10(9)13)12(16)11-4-2-3-6-14-11/h2-4,6,9-10H,5,7-8H2,1H3. The first kappa shape index (κ1) is 11.4. The van der Waals surface area contributed by atoms with Crippen molar-refractivity contribution in [3.05, 3.63) is 30.1 Å². The van der Waals surface area contributed by atoms with Crippen LogP contribution in [-0.4, -0.2) is 34.3 Å². The van der Waals surface area contributed by atoms with Crippen molar-refractivity contribution in [3.8, 4) is 0 Å². The van der Waals surface area contributed by atoms with Gasteiger partial charge in [-0.05, 0) is 24.5 Å². The van der Waals surface area contributed by atoms with Crippen LogP contribution in [0.15, 0.2) is 24.4 Å². The highest BCUT2D eigenvalue weighted by molar-refractivity contribution is 6.20. The van der Waals surface area contributed by atoms with Crippen molar-refractivity contribution in [1.82, 2.24) is 9.88 Å². The van der Waals surface area contributed by atoms with Crippen LogP contribution in [0.3, 0.4) is 0 Å². The lowest BCUT2D eigenvalue weighted by Gasteiger charge is -2.33. The van der Waals surface area contributed by atoms with Crippen LogP contribution in [0.5, 0.6) is 0 Å². The predicted molar refractivity (Wildman–Crippen MR) is 63.6 cm³/mol. The summed E-state index contributed by atoms with van der Waals surface area (Å²) in [7, 11) is 0. The number of likely N-dealkylation sites (tertiary alicyclic amines) is 1. The molecule has 1 aromatic heterocycles. The molecule has 0 aromatic carbocycles. The van der Waals surface area contributed by atoms with Crippen LogP contribution in [0.25, 0.3) is 0 Å². The molecule has 0 saturated carbocycles. The average molecular weight is 239 g/mol. The smallest absolute Gasteiger partial charge is 0.272 e. The summed E-state index contributed by atoms with van der Waals surface area (Å²) in [6.07, 6.45) is 2.51. The van der Waals surface area contributed by atoms with E-state index in [1.54, 1.807) is 12.3 Å². The first-order valence-corrected chi connectivity index (χ1v) is 5.96. The fourth-order valence-electron chi connectivity index (χ4n) is 1.95. The SMILES string of the molecule is CC1CN(C(=O)c2ccccn2)CCC1Cl. The normalized spacial score (nSPS) is 25.5. The van der Waals surface area contributed by atoms with E-state index in [9.17, 15) is 4.79 Å². The van der Waals surface area contributed by atoms with Gasteiger partial charge in [0.25, 0.3) is 5.91 Å². The fourth-order valence-corrected chi connectivity index (χ4v) is 2.13. The number of nitrogens with zero attached hydrogens (tertiary/aromatic N) is 2. The van der Waals surface area contributed by atoms with Gasteiger partial charge < -0.3 is 4.90 Å². The molecule has 0 N–H and O–H groups in total. The van der Waals surface area contributed by atoms with Gasteiger partial charge in [-0.25, -0.2) is 0 Å². The lowest BCUT2D eigenvalue weighted by atomic mass is 9.99. The summed E-state index contributed by atoms with van der Waals surface area (Å²) in [5.41, 5.74) is 0.516. The number of piperidine rings is 1. The summed E-state index contributed by atoms with van der Waals surface area (Å²) < 4.78 is 0. The Kier molecular flexibility index (Phi) is 3.44. The molecule has 1 amide bonds. The van der Waals surface area contributed by atoms with Crippen molar-refractivity contribution in [2.75, 3.05) is 13.1 Å². The monoisotopic (exact) mass is 238 g/mol. The zero-order chi connectivity index (χ0) is 11.5. The molecule has 1 saturated heterocycles. The predicted octanol–water partition coefficient (Wildman–Crippen LogP) is 2.17. The first-order chi connectivity index (χ1) is 7.68. The van der Waals surface area contributed by atoms with Gasteiger partial charge in [-0.3, -0.25) is 9.78 Å². The van der Waals surface area contributed by atoms with Crippen LogP contribution in [0.2, 0.25) is 0 Å². The molecule has 1 aliphatic rings. The van der Waals surface area contributed by atoms with Gasteiger partial charge in [0.05, 0.1) is 0 Å². The van der Waals surface area contributed by atoms with E-state index in [0.717, 1.165) is 19.5 Å². The number of pyridine rings is 1. The molecule has 16 heavy (non-hydrogen) atoms. The Labute approximate surface area is 100 Å². The molecule has 1 fully saturated rings. The molecule has 0 spiro atoms. The van der Waals surface area contributed by atoms with E-state index in [4.69, 9.17) is 11.6 Å². The summed E-state index contributed by atoms with van der Waals surface area (Å²) >= 11 is 6.13. The number of halogens is 1. The zero-order valence-corrected chi connectivity index (χ0v) is 10.0. The number of carbonyl (C=O) groups is 1. The third-order valence-electron chi connectivity index (χ3n) is 2.97. The molecule has 86 valence electrons. The number of hydrogen-bond donors (Lipinski definition) is 0. The van der Waals surface area contributed by atoms with Crippen LogP contribution < -0.4 is 0 Å². The van der Waals surface area contributed by atoms with Gasteiger partial charge in [0.15, 0.2) is 0 Å². The second-order valence-electron chi connectivity index (χ2n) is 4.25. The molecule has 2 unspecified atom stereocenters. The Morgan fingerprint density at radius 1 is 1.56 bits per heavy atom. The molecule has 0 aliphatic carbocycles. The minimum absolute atomic E-state index is 0.0102. The van der Waals surface area contributed by atoms with E-state index < -0.39 is 0 Å². The van der Waals surface area contributed by atoms with E-state index in [2.05, 4.69) is 11.9 Å². The largest absolute Gasteiger partial charge is 0.337 e. The number of rotatable bonds is 1. The second kappa shape index (κ2) is 4.83. The second-order valence-corrected chi connectivity index (χ2v) is 4.81. The summed E-state index contributed by atoms with van der Waals surface area (Å²) in [6, 6.07) is 5.39. The van der Waals surface area contributed by atoms with Crippen LogP contribution in [0.1, 0.15) is 23.8 Å². The Balaban J connectivity index is 2.06. The maximum Gasteiger partial charge on any atom is 0.272 e. The number of alkyl halides is 1.